The second-order valence-electron chi connectivity index (χ2n) is 5.15. The first-order chi connectivity index (χ1) is 9.20. The molecule has 0 atom stereocenters. The minimum absolute atomic E-state index is 0.511. The standard InChI is InChI=1S/C15H20ClN3/c1-19(14-4-2-3-5-14)9-8-18-13-7-6-12(11-17)15(16)10-13/h6-7,10,14,18H,2-5,8-9H2,1H3. The Kier molecular flexibility index (Phi) is 5.07. The molecule has 2 rings (SSSR count). The van der Waals surface area contributed by atoms with Crippen LogP contribution in [-0.2, 0) is 0 Å². The van der Waals surface area contributed by atoms with E-state index in [-0.39, 0.29) is 0 Å². The zero-order chi connectivity index (χ0) is 13.7. The maximum absolute atomic E-state index is 8.82. The number of likely N-dealkylation sites (N-methyl/N-ethyl adjacent to an activating group) is 1. The number of nitrogens with one attached hydrogen (secondary N) is 1. The first-order valence-electron chi connectivity index (χ1n) is 6.84. The number of halogens is 1. The Morgan fingerprint density at radius 1 is 1.42 bits per heavy atom. The lowest BCUT2D eigenvalue weighted by Crippen LogP contribution is -2.33. The van der Waals surface area contributed by atoms with Crippen molar-refractivity contribution in [3.8, 4) is 6.07 Å². The van der Waals surface area contributed by atoms with Gasteiger partial charge in [0.15, 0.2) is 0 Å². The van der Waals surface area contributed by atoms with E-state index in [1.165, 1.54) is 25.7 Å². The smallest absolute Gasteiger partial charge is 0.101 e. The molecule has 0 aromatic heterocycles. The second kappa shape index (κ2) is 6.79. The highest BCUT2D eigenvalue weighted by atomic mass is 35.5. The Morgan fingerprint density at radius 2 is 2.16 bits per heavy atom. The molecule has 19 heavy (non-hydrogen) atoms. The molecular weight excluding hydrogens is 258 g/mol. The van der Waals surface area contributed by atoms with Crippen molar-refractivity contribution in [2.75, 3.05) is 25.5 Å². The average molecular weight is 278 g/mol. The predicted molar refractivity (Wildman–Crippen MR) is 79.5 cm³/mol. The molecule has 0 saturated heterocycles. The molecule has 1 aliphatic carbocycles. The van der Waals surface area contributed by atoms with Gasteiger partial charge in [-0.05, 0) is 38.1 Å². The second-order valence-corrected chi connectivity index (χ2v) is 5.56. The lowest BCUT2D eigenvalue weighted by molar-refractivity contribution is 0.254. The summed E-state index contributed by atoms with van der Waals surface area (Å²) in [5.74, 6) is 0. The van der Waals surface area contributed by atoms with Crippen molar-refractivity contribution >= 4 is 17.3 Å². The van der Waals surface area contributed by atoms with Crippen LogP contribution in [0.25, 0.3) is 0 Å². The summed E-state index contributed by atoms with van der Waals surface area (Å²) in [6.45, 7) is 1.93. The molecule has 0 bridgehead atoms. The largest absolute Gasteiger partial charge is 0.384 e. The molecule has 1 aromatic rings. The molecule has 0 unspecified atom stereocenters. The number of nitriles is 1. The number of anilines is 1. The minimum Gasteiger partial charge on any atom is -0.384 e. The van der Waals surface area contributed by atoms with Crippen LogP contribution in [0.3, 0.4) is 0 Å². The van der Waals surface area contributed by atoms with Gasteiger partial charge in [-0.15, -0.1) is 0 Å². The van der Waals surface area contributed by atoms with E-state index in [1.807, 2.05) is 12.1 Å². The van der Waals surface area contributed by atoms with E-state index in [0.29, 0.717) is 10.6 Å². The number of nitrogens with zero attached hydrogens (tertiary/aromatic N) is 2. The number of benzene rings is 1. The van der Waals surface area contributed by atoms with Crippen LogP contribution in [-0.4, -0.2) is 31.1 Å². The van der Waals surface area contributed by atoms with Crippen LogP contribution in [0.5, 0.6) is 0 Å². The summed E-state index contributed by atoms with van der Waals surface area (Å²) in [5, 5.41) is 12.7. The molecule has 0 heterocycles. The molecule has 0 amide bonds. The van der Waals surface area contributed by atoms with Crippen molar-refractivity contribution in [2.24, 2.45) is 0 Å². The van der Waals surface area contributed by atoms with Gasteiger partial charge in [-0.3, -0.25) is 0 Å². The highest BCUT2D eigenvalue weighted by molar-refractivity contribution is 6.32. The molecule has 3 nitrogen and oxygen atoms in total. The van der Waals surface area contributed by atoms with Crippen LogP contribution in [0.15, 0.2) is 18.2 Å². The Labute approximate surface area is 120 Å². The lowest BCUT2D eigenvalue weighted by atomic mass is 10.2. The van der Waals surface area contributed by atoms with E-state index in [2.05, 4.69) is 23.3 Å². The summed E-state index contributed by atoms with van der Waals surface area (Å²) in [6.07, 6.45) is 5.40. The van der Waals surface area contributed by atoms with Gasteiger partial charge in [0.1, 0.15) is 6.07 Å². The third-order valence-electron chi connectivity index (χ3n) is 3.83. The fourth-order valence-corrected chi connectivity index (χ4v) is 2.84. The zero-order valence-electron chi connectivity index (χ0n) is 11.3. The number of hydrogen-bond donors (Lipinski definition) is 1. The molecule has 1 aliphatic rings. The predicted octanol–water partition coefficient (Wildman–Crippen LogP) is 3.50. The van der Waals surface area contributed by atoms with Crippen LogP contribution in [0, 0.1) is 11.3 Å². The van der Waals surface area contributed by atoms with Crippen molar-refractivity contribution in [2.45, 2.75) is 31.7 Å². The molecule has 102 valence electrons. The van der Waals surface area contributed by atoms with Crippen LogP contribution >= 0.6 is 11.6 Å². The maximum Gasteiger partial charge on any atom is 0.101 e. The molecular formula is C15H20ClN3. The summed E-state index contributed by atoms with van der Waals surface area (Å²) < 4.78 is 0. The zero-order valence-corrected chi connectivity index (χ0v) is 12.1. The molecule has 0 spiro atoms. The van der Waals surface area contributed by atoms with Gasteiger partial charge >= 0.3 is 0 Å². The topological polar surface area (TPSA) is 39.1 Å². The van der Waals surface area contributed by atoms with Gasteiger partial charge in [0, 0.05) is 24.8 Å². The molecule has 1 saturated carbocycles. The van der Waals surface area contributed by atoms with Crippen LogP contribution in [0.1, 0.15) is 31.2 Å². The van der Waals surface area contributed by atoms with Crippen LogP contribution < -0.4 is 5.32 Å². The normalized spacial score (nSPS) is 15.7. The summed E-state index contributed by atoms with van der Waals surface area (Å²) in [5.41, 5.74) is 1.50. The van der Waals surface area contributed by atoms with E-state index >= 15 is 0 Å². The van der Waals surface area contributed by atoms with Crippen molar-refractivity contribution in [3.05, 3.63) is 28.8 Å². The quantitative estimate of drug-likeness (QED) is 0.895. The summed E-state index contributed by atoms with van der Waals surface area (Å²) >= 11 is 6.00. The van der Waals surface area contributed by atoms with Crippen LogP contribution in [0.4, 0.5) is 5.69 Å². The van der Waals surface area contributed by atoms with E-state index in [9.17, 15) is 0 Å². The van der Waals surface area contributed by atoms with Gasteiger partial charge in [0.05, 0.1) is 10.6 Å². The van der Waals surface area contributed by atoms with Gasteiger partial charge in [-0.1, -0.05) is 24.4 Å². The van der Waals surface area contributed by atoms with Gasteiger partial charge in [0.25, 0.3) is 0 Å². The number of rotatable bonds is 5. The maximum atomic E-state index is 8.82. The van der Waals surface area contributed by atoms with Gasteiger partial charge in [-0.2, -0.15) is 5.26 Å². The molecule has 1 fully saturated rings. The number of hydrogen-bond acceptors (Lipinski definition) is 3. The van der Waals surface area contributed by atoms with Gasteiger partial charge in [-0.25, -0.2) is 0 Å². The van der Waals surface area contributed by atoms with E-state index < -0.39 is 0 Å². The Balaban J connectivity index is 1.79. The average Bonchev–Trinajstić information content (AvgIpc) is 2.93. The molecule has 0 aliphatic heterocycles. The SMILES string of the molecule is CN(CCNc1ccc(C#N)c(Cl)c1)C1CCCC1. The Bertz CT molecular complexity index is 461. The van der Waals surface area contributed by atoms with E-state index in [4.69, 9.17) is 16.9 Å². The highest BCUT2D eigenvalue weighted by Crippen LogP contribution is 2.22. The van der Waals surface area contributed by atoms with E-state index in [0.717, 1.165) is 24.8 Å². The summed E-state index contributed by atoms with van der Waals surface area (Å²) in [6, 6.07) is 8.30. The minimum atomic E-state index is 0.511. The monoisotopic (exact) mass is 277 g/mol. The fraction of sp³-hybridized carbons (Fsp3) is 0.533. The van der Waals surface area contributed by atoms with Crippen LogP contribution in [0.2, 0.25) is 5.02 Å². The molecule has 4 heteroatoms. The Morgan fingerprint density at radius 3 is 2.79 bits per heavy atom. The highest BCUT2D eigenvalue weighted by Gasteiger charge is 2.18. The Hall–Kier alpha value is -1.24. The molecule has 1 N–H and O–H groups in total. The first-order valence-corrected chi connectivity index (χ1v) is 7.22. The molecule has 0 radical (unpaired) electrons. The fourth-order valence-electron chi connectivity index (χ4n) is 2.62. The third kappa shape index (κ3) is 3.86. The van der Waals surface area contributed by atoms with Crippen molar-refractivity contribution < 1.29 is 0 Å². The third-order valence-corrected chi connectivity index (χ3v) is 4.14. The van der Waals surface area contributed by atoms with Crippen molar-refractivity contribution in [1.82, 2.24) is 4.90 Å². The van der Waals surface area contributed by atoms with Crippen molar-refractivity contribution in [1.29, 1.82) is 5.26 Å². The summed E-state index contributed by atoms with van der Waals surface area (Å²) in [7, 11) is 2.20. The first kappa shape index (κ1) is 14.2. The molecule has 1 aromatic carbocycles. The lowest BCUT2D eigenvalue weighted by Gasteiger charge is -2.24. The van der Waals surface area contributed by atoms with Crippen molar-refractivity contribution in [3.63, 3.8) is 0 Å². The van der Waals surface area contributed by atoms with E-state index in [1.54, 1.807) is 6.07 Å². The van der Waals surface area contributed by atoms with Gasteiger partial charge < -0.3 is 10.2 Å². The summed E-state index contributed by atoms with van der Waals surface area (Å²) in [4.78, 5) is 2.44. The van der Waals surface area contributed by atoms with Gasteiger partial charge in [0.2, 0.25) is 0 Å².